The van der Waals surface area contributed by atoms with E-state index in [0.29, 0.717) is 34.9 Å². The third kappa shape index (κ3) is 4.04. The molecule has 0 radical (unpaired) electrons. The number of nitrogens with one attached hydrogen (secondary N) is 1. The smallest absolute Gasteiger partial charge is 0.274 e. The Bertz CT molecular complexity index is 1360. The third-order valence-corrected chi connectivity index (χ3v) is 7.79. The minimum absolute atomic E-state index is 0.129. The summed E-state index contributed by atoms with van der Waals surface area (Å²) in [5.74, 6) is -0.752. The van der Waals surface area contributed by atoms with Gasteiger partial charge < -0.3 is 10.2 Å². The number of fused-ring (bicyclic) bond motifs is 1. The summed E-state index contributed by atoms with van der Waals surface area (Å²) < 4.78 is 15.6. The molecule has 1 aliphatic rings. The number of aromatic nitrogens is 3. The van der Waals surface area contributed by atoms with Gasteiger partial charge in [0.25, 0.3) is 11.8 Å². The number of carbonyl (C=O) groups is 2. The molecule has 0 bridgehead atoms. The summed E-state index contributed by atoms with van der Waals surface area (Å²) in [5.41, 5.74) is 2.43. The molecule has 1 N–H and O–H groups in total. The average Bonchev–Trinajstić information content (AvgIpc) is 3.57. The molecular formula is C23H22FN5O2S2. The first-order valence-electron chi connectivity index (χ1n) is 10.7. The number of nitrogens with zero attached hydrogens (tertiary/aromatic N) is 4. The number of hydrogen-bond donors (Lipinski definition) is 1. The van der Waals surface area contributed by atoms with E-state index in [1.54, 1.807) is 23.2 Å². The van der Waals surface area contributed by atoms with Crippen LogP contribution in [0.3, 0.4) is 0 Å². The Morgan fingerprint density at radius 1 is 1.30 bits per heavy atom. The van der Waals surface area contributed by atoms with Gasteiger partial charge in [-0.05, 0) is 44.4 Å². The predicted molar refractivity (Wildman–Crippen MR) is 126 cm³/mol. The molecule has 1 aliphatic heterocycles. The second kappa shape index (κ2) is 8.68. The van der Waals surface area contributed by atoms with Gasteiger partial charge in [0.1, 0.15) is 17.2 Å². The molecule has 1 saturated heterocycles. The number of carbonyl (C=O) groups excluding carboxylic acids is 2. The van der Waals surface area contributed by atoms with Crippen LogP contribution in [0.25, 0.3) is 15.4 Å². The lowest BCUT2D eigenvalue weighted by Gasteiger charge is -2.24. The maximum atomic E-state index is 13.8. The Kier molecular flexibility index (Phi) is 5.71. The first kappa shape index (κ1) is 21.7. The van der Waals surface area contributed by atoms with E-state index < -0.39 is 0 Å². The molecule has 7 nitrogen and oxygen atoms in total. The molecule has 5 rings (SSSR count). The summed E-state index contributed by atoms with van der Waals surface area (Å²) in [6, 6.07) is 6.09. The average molecular weight is 484 g/mol. The molecule has 0 aliphatic carbocycles. The van der Waals surface area contributed by atoms with Crippen molar-refractivity contribution in [2.24, 2.45) is 0 Å². The van der Waals surface area contributed by atoms with Gasteiger partial charge >= 0.3 is 0 Å². The molecule has 4 heterocycles. The van der Waals surface area contributed by atoms with Crippen LogP contribution in [0.4, 0.5) is 4.39 Å². The Balaban J connectivity index is 1.33. The summed E-state index contributed by atoms with van der Waals surface area (Å²) in [5, 5.41) is 5.68. The number of thiazole rings is 2. The van der Waals surface area contributed by atoms with Gasteiger partial charge in [-0.1, -0.05) is 12.1 Å². The van der Waals surface area contributed by atoms with Crippen LogP contribution >= 0.6 is 22.7 Å². The minimum Gasteiger partial charge on any atom is -0.349 e. The quantitative estimate of drug-likeness (QED) is 0.459. The molecule has 1 fully saturated rings. The Labute approximate surface area is 197 Å². The van der Waals surface area contributed by atoms with Crippen molar-refractivity contribution < 1.29 is 14.0 Å². The maximum absolute atomic E-state index is 13.8. The van der Waals surface area contributed by atoms with Gasteiger partial charge in [-0.25, -0.2) is 14.4 Å². The largest absolute Gasteiger partial charge is 0.349 e. The highest BCUT2D eigenvalue weighted by molar-refractivity contribution is 7.15. The van der Waals surface area contributed by atoms with Gasteiger partial charge in [-0.15, -0.1) is 22.7 Å². The zero-order valence-corrected chi connectivity index (χ0v) is 19.8. The first-order chi connectivity index (χ1) is 15.9. The number of halogens is 1. The fraction of sp³-hybridized carbons (Fsp3) is 0.304. The predicted octanol–water partition coefficient (Wildman–Crippen LogP) is 4.31. The van der Waals surface area contributed by atoms with E-state index >= 15 is 0 Å². The number of hydrogen-bond acceptors (Lipinski definition) is 6. The molecule has 1 atom stereocenters. The van der Waals surface area contributed by atoms with Gasteiger partial charge in [0.05, 0.1) is 16.1 Å². The van der Waals surface area contributed by atoms with Crippen LogP contribution in [0.2, 0.25) is 0 Å². The van der Waals surface area contributed by atoms with Crippen LogP contribution in [0.5, 0.6) is 0 Å². The Morgan fingerprint density at radius 2 is 2.15 bits per heavy atom. The second-order valence-corrected chi connectivity index (χ2v) is 10.1. The molecular weight excluding hydrogens is 461 g/mol. The van der Waals surface area contributed by atoms with Crippen molar-refractivity contribution in [3.05, 3.63) is 63.7 Å². The fourth-order valence-corrected chi connectivity index (χ4v) is 6.01. The van der Waals surface area contributed by atoms with E-state index in [0.717, 1.165) is 28.5 Å². The molecule has 33 heavy (non-hydrogen) atoms. The van der Waals surface area contributed by atoms with E-state index in [4.69, 9.17) is 0 Å². The van der Waals surface area contributed by atoms with E-state index in [9.17, 15) is 14.0 Å². The van der Waals surface area contributed by atoms with Crippen molar-refractivity contribution in [2.75, 3.05) is 13.1 Å². The number of amides is 2. The monoisotopic (exact) mass is 483 g/mol. The van der Waals surface area contributed by atoms with Crippen LogP contribution in [0.1, 0.15) is 44.5 Å². The lowest BCUT2D eigenvalue weighted by Crippen LogP contribution is -2.43. The van der Waals surface area contributed by atoms with Crippen molar-refractivity contribution in [3.63, 3.8) is 0 Å². The van der Waals surface area contributed by atoms with E-state index in [1.807, 2.05) is 23.6 Å². The van der Waals surface area contributed by atoms with Crippen molar-refractivity contribution >= 4 is 39.4 Å². The SMILES string of the molecule is Cc1nc(C(=O)N2CCC[C@H]2CNC(=O)c2cnc3scc(C)n23)c(-c2cccc(F)c2)s1. The normalized spacial score (nSPS) is 16.0. The molecule has 2 amide bonds. The molecule has 0 unspecified atom stereocenters. The van der Waals surface area contributed by atoms with Crippen molar-refractivity contribution in [1.82, 2.24) is 24.6 Å². The summed E-state index contributed by atoms with van der Waals surface area (Å²) in [4.78, 5) is 38.3. The van der Waals surface area contributed by atoms with Gasteiger partial charge in [-0.2, -0.15) is 0 Å². The molecule has 1 aromatic carbocycles. The molecule has 0 spiro atoms. The number of aryl methyl sites for hydroxylation is 2. The van der Waals surface area contributed by atoms with Crippen LogP contribution < -0.4 is 5.32 Å². The van der Waals surface area contributed by atoms with Crippen LogP contribution in [0.15, 0.2) is 35.8 Å². The summed E-state index contributed by atoms with van der Waals surface area (Å²) >= 11 is 2.87. The number of benzene rings is 1. The first-order valence-corrected chi connectivity index (χ1v) is 12.4. The lowest BCUT2D eigenvalue weighted by molar-refractivity contribution is 0.0720. The standard InChI is InChI=1S/C23H22FN5O2S2/c1-13-12-32-23-26-11-18(29(13)23)21(30)25-10-17-7-4-8-28(17)22(31)19-20(33-14(2)27-19)15-5-3-6-16(24)9-15/h3,5-6,9,11-12,17H,4,7-8,10H2,1-2H3,(H,25,30)/t17-/m0/s1. The van der Waals surface area contributed by atoms with Crippen molar-refractivity contribution in [2.45, 2.75) is 32.7 Å². The lowest BCUT2D eigenvalue weighted by atomic mass is 10.1. The van der Waals surface area contributed by atoms with Crippen LogP contribution in [-0.4, -0.2) is 50.2 Å². The fourth-order valence-electron chi connectivity index (χ4n) is 4.26. The van der Waals surface area contributed by atoms with Gasteiger partial charge in [0.2, 0.25) is 0 Å². The van der Waals surface area contributed by atoms with Crippen LogP contribution in [-0.2, 0) is 0 Å². The van der Waals surface area contributed by atoms with Crippen molar-refractivity contribution in [1.29, 1.82) is 0 Å². The molecule has 0 saturated carbocycles. The topological polar surface area (TPSA) is 79.6 Å². The van der Waals surface area contributed by atoms with Gasteiger partial charge in [0, 0.05) is 30.2 Å². The minimum atomic E-state index is -0.353. The Morgan fingerprint density at radius 3 is 2.97 bits per heavy atom. The molecule has 3 aromatic heterocycles. The summed E-state index contributed by atoms with van der Waals surface area (Å²) in [6.45, 7) is 4.72. The maximum Gasteiger partial charge on any atom is 0.274 e. The molecule has 4 aromatic rings. The molecule has 170 valence electrons. The highest BCUT2D eigenvalue weighted by atomic mass is 32.1. The summed E-state index contributed by atoms with van der Waals surface area (Å²) in [7, 11) is 0. The second-order valence-electron chi connectivity index (χ2n) is 8.06. The third-order valence-electron chi connectivity index (χ3n) is 5.81. The van der Waals surface area contributed by atoms with Gasteiger partial charge in [0.15, 0.2) is 4.96 Å². The number of rotatable bonds is 5. The van der Waals surface area contributed by atoms with Crippen LogP contribution in [0, 0.1) is 19.7 Å². The van der Waals surface area contributed by atoms with E-state index in [-0.39, 0.29) is 23.7 Å². The number of likely N-dealkylation sites (tertiary alicyclic amines) is 1. The van der Waals surface area contributed by atoms with E-state index in [1.165, 1.54) is 34.8 Å². The zero-order valence-electron chi connectivity index (χ0n) is 18.2. The van der Waals surface area contributed by atoms with Gasteiger partial charge in [-0.3, -0.25) is 14.0 Å². The van der Waals surface area contributed by atoms with Crippen molar-refractivity contribution in [3.8, 4) is 10.4 Å². The summed E-state index contributed by atoms with van der Waals surface area (Å²) in [6.07, 6.45) is 3.23. The highest BCUT2D eigenvalue weighted by Crippen LogP contribution is 2.32. The Hall–Kier alpha value is -3.11. The molecule has 10 heteroatoms. The highest BCUT2D eigenvalue weighted by Gasteiger charge is 2.33. The number of imidazole rings is 1. The zero-order chi connectivity index (χ0) is 23.1. The van der Waals surface area contributed by atoms with E-state index in [2.05, 4.69) is 15.3 Å².